The van der Waals surface area contributed by atoms with Gasteiger partial charge in [-0.3, -0.25) is 4.40 Å². The lowest BCUT2D eigenvalue weighted by atomic mass is 10.0. The van der Waals surface area contributed by atoms with Gasteiger partial charge in [0.05, 0.1) is 0 Å². The van der Waals surface area contributed by atoms with E-state index in [1.54, 1.807) is 6.33 Å². The van der Waals surface area contributed by atoms with Crippen LogP contribution in [0.4, 0.5) is 5.82 Å². The molecule has 0 atom stereocenters. The van der Waals surface area contributed by atoms with Gasteiger partial charge in [0.2, 0.25) is 0 Å². The molecule has 0 saturated heterocycles. The van der Waals surface area contributed by atoms with Crippen molar-refractivity contribution in [3.8, 4) is 0 Å². The molecule has 2 aromatic heterocycles. The molecular formula is C14H21N5. The Balaban J connectivity index is 1.67. The van der Waals surface area contributed by atoms with Gasteiger partial charge in [0, 0.05) is 12.6 Å². The van der Waals surface area contributed by atoms with Crippen LogP contribution in [-0.4, -0.2) is 26.1 Å². The minimum Gasteiger partial charge on any atom is -0.370 e. The average Bonchev–Trinajstić information content (AvgIpc) is 2.73. The van der Waals surface area contributed by atoms with Crippen molar-refractivity contribution < 1.29 is 0 Å². The summed E-state index contributed by atoms with van der Waals surface area (Å²) in [6, 6.07) is 1.97. The Hall–Kier alpha value is -1.65. The van der Waals surface area contributed by atoms with Crippen LogP contribution in [0.3, 0.4) is 0 Å². The summed E-state index contributed by atoms with van der Waals surface area (Å²) in [6.07, 6.45) is 9.95. The van der Waals surface area contributed by atoms with Gasteiger partial charge in [-0.25, -0.2) is 4.98 Å². The van der Waals surface area contributed by atoms with Gasteiger partial charge in [-0.15, -0.1) is 10.2 Å². The van der Waals surface area contributed by atoms with Crippen LogP contribution in [0.5, 0.6) is 0 Å². The van der Waals surface area contributed by atoms with Gasteiger partial charge in [0.25, 0.3) is 0 Å². The van der Waals surface area contributed by atoms with Gasteiger partial charge in [-0.1, -0.05) is 25.7 Å². The number of fused-ring (bicyclic) bond motifs is 1. The number of nitrogens with one attached hydrogen (secondary N) is 1. The summed E-state index contributed by atoms with van der Waals surface area (Å²) in [6.45, 7) is 3.00. The smallest absolute Gasteiger partial charge is 0.165 e. The second-order valence-corrected chi connectivity index (χ2v) is 5.49. The van der Waals surface area contributed by atoms with Crippen molar-refractivity contribution in [2.75, 3.05) is 11.9 Å². The Morgan fingerprint density at radius 1 is 1.26 bits per heavy atom. The molecule has 1 fully saturated rings. The third kappa shape index (κ3) is 2.85. The molecule has 2 aromatic rings. The van der Waals surface area contributed by atoms with Crippen molar-refractivity contribution in [2.45, 2.75) is 45.4 Å². The largest absolute Gasteiger partial charge is 0.370 e. The first kappa shape index (κ1) is 12.4. The summed E-state index contributed by atoms with van der Waals surface area (Å²) in [5.74, 6) is 2.63. The van der Waals surface area contributed by atoms with Crippen LogP contribution in [0.2, 0.25) is 0 Å². The maximum absolute atomic E-state index is 4.55. The van der Waals surface area contributed by atoms with Crippen molar-refractivity contribution in [3.05, 3.63) is 18.2 Å². The first-order chi connectivity index (χ1) is 9.33. The first-order valence-electron chi connectivity index (χ1n) is 7.24. The van der Waals surface area contributed by atoms with Crippen molar-refractivity contribution in [1.29, 1.82) is 0 Å². The fraction of sp³-hybridized carbons (Fsp3) is 0.643. The summed E-state index contributed by atoms with van der Waals surface area (Å²) in [5, 5.41) is 11.5. The number of aromatic nitrogens is 4. The molecule has 0 radical (unpaired) electrons. The fourth-order valence-electron chi connectivity index (χ4n) is 2.88. The molecule has 1 saturated carbocycles. The molecule has 0 aliphatic heterocycles. The van der Waals surface area contributed by atoms with Gasteiger partial charge in [0.1, 0.15) is 18.0 Å². The highest BCUT2D eigenvalue weighted by molar-refractivity contribution is 5.49. The van der Waals surface area contributed by atoms with Crippen LogP contribution in [0.15, 0.2) is 12.4 Å². The molecule has 0 aromatic carbocycles. The monoisotopic (exact) mass is 259 g/mol. The molecule has 0 bridgehead atoms. The normalized spacial score (nSPS) is 17.5. The number of hydrogen-bond acceptors (Lipinski definition) is 4. The topological polar surface area (TPSA) is 55.1 Å². The van der Waals surface area contributed by atoms with E-state index in [-0.39, 0.29) is 0 Å². The SMILES string of the molecule is Cc1nc(NCC2CCCCCC2)cc2nncn12. The molecule has 19 heavy (non-hydrogen) atoms. The highest BCUT2D eigenvalue weighted by Crippen LogP contribution is 2.23. The molecule has 5 nitrogen and oxygen atoms in total. The highest BCUT2D eigenvalue weighted by atomic mass is 15.2. The number of anilines is 1. The van der Waals surface area contributed by atoms with Crippen molar-refractivity contribution in [1.82, 2.24) is 19.6 Å². The molecule has 0 spiro atoms. The van der Waals surface area contributed by atoms with E-state index in [2.05, 4.69) is 20.5 Å². The maximum Gasteiger partial charge on any atom is 0.165 e. The van der Waals surface area contributed by atoms with Crippen LogP contribution >= 0.6 is 0 Å². The third-order valence-corrected chi connectivity index (χ3v) is 4.02. The summed E-state index contributed by atoms with van der Waals surface area (Å²) in [5.41, 5.74) is 0.857. The molecule has 0 amide bonds. The van der Waals surface area contributed by atoms with Crippen LogP contribution in [0.25, 0.3) is 5.65 Å². The maximum atomic E-state index is 4.55. The molecule has 5 heteroatoms. The Labute approximate surface area is 113 Å². The number of rotatable bonds is 3. The first-order valence-corrected chi connectivity index (χ1v) is 7.24. The molecular weight excluding hydrogens is 238 g/mol. The van der Waals surface area contributed by atoms with Crippen LogP contribution in [0.1, 0.15) is 44.3 Å². The van der Waals surface area contributed by atoms with Gasteiger partial charge >= 0.3 is 0 Å². The summed E-state index contributed by atoms with van der Waals surface area (Å²) < 4.78 is 1.90. The molecule has 102 valence electrons. The van der Waals surface area contributed by atoms with Gasteiger partial charge in [-0.2, -0.15) is 0 Å². The van der Waals surface area contributed by atoms with E-state index < -0.39 is 0 Å². The zero-order valence-corrected chi connectivity index (χ0v) is 11.5. The fourth-order valence-corrected chi connectivity index (χ4v) is 2.88. The van der Waals surface area contributed by atoms with Gasteiger partial charge in [-0.05, 0) is 25.7 Å². The quantitative estimate of drug-likeness (QED) is 0.861. The molecule has 1 N–H and O–H groups in total. The van der Waals surface area contributed by atoms with E-state index in [0.717, 1.165) is 29.8 Å². The highest BCUT2D eigenvalue weighted by Gasteiger charge is 2.12. The Kier molecular flexibility index (Phi) is 3.62. The molecule has 3 rings (SSSR count). The summed E-state index contributed by atoms with van der Waals surface area (Å²) in [4.78, 5) is 4.55. The zero-order chi connectivity index (χ0) is 13.1. The van der Waals surface area contributed by atoms with Crippen LogP contribution in [0, 0.1) is 12.8 Å². The van der Waals surface area contributed by atoms with Crippen molar-refractivity contribution in [2.24, 2.45) is 5.92 Å². The number of aryl methyl sites for hydroxylation is 1. The minimum absolute atomic E-state index is 0.790. The Morgan fingerprint density at radius 2 is 2.05 bits per heavy atom. The summed E-state index contributed by atoms with van der Waals surface area (Å²) in [7, 11) is 0. The van der Waals surface area contributed by atoms with Crippen LogP contribution < -0.4 is 5.32 Å². The van der Waals surface area contributed by atoms with E-state index >= 15 is 0 Å². The second-order valence-electron chi connectivity index (χ2n) is 5.49. The predicted octanol–water partition coefficient (Wildman–Crippen LogP) is 2.82. The lowest BCUT2D eigenvalue weighted by Gasteiger charge is -2.15. The molecule has 2 heterocycles. The molecule has 1 aliphatic carbocycles. The molecule has 1 aliphatic rings. The lowest BCUT2D eigenvalue weighted by molar-refractivity contribution is 0.483. The van der Waals surface area contributed by atoms with E-state index in [1.807, 2.05) is 17.4 Å². The molecule has 0 unspecified atom stereocenters. The van der Waals surface area contributed by atoms with Gasteiger partial charge in [0.15, 0.2) is 5.65 Å². The van der Waals surface area contributed by atoms with E-state index in [4.69, 9.17) is 0 Å². The second kappa shape index (κ2) is 5.55. The number of hydrogen-bond donors (Lipinski definition) is 1. The average molecular weight is 259 g/mol. The Bertz CT molecular complexity index is 540. The predicted molar refractivity (Wildman–Crippen MR) is 75.2 cm³/mol. The van der Waals surface area contributed by atoms with E-state index in [1.165, 1.54) is 38.5 Å². The Morgan fingerprint density at radius 3 is 2.84 bits per heavy atom. The van der Waals surface area contributed by atoms with Crippen LogP contribution in [-0.2, 0) is 0 Å². The van der Waals surface area contributed by atoms with Crippen molar-refractivity contribution >= 4 is 11.5 Å². The zero-order valence-electron chi connectivity index (χ0n) is 11.5. The number of nitrogens with zero attached hydrogens (tertiary/aromatic N) is 4. The minimum atomic E-state index is 0.790. The van der Waals surface area contributed by atoms with E-state index in [0.29, 0.717) is 0 Å². The summed E-state index contributed by atoms with van der Waals surface area (Å²) >= 11 is 0. The van der Waals surface area contributed by atoms with Gasteiger partial charge < -0.3 is 5.32 Å². The lowest BCUT2D eigenvalue weighted by Crippen LogP contribution is -2.15. The van der Waals surface area contributed by atoms with E-state index in [9.17, 15) is 0 Å². The third-order valence-electron chi connectivity index (χ3n) is 4.02. The standard InChI is InChI=1S/C14H21N5/c1-11-17-13(8-14-18-16-10-19(11)14)15-9-12-6-4-2-3-5-7-12/h8,10,12,15H,2-7,9H2,1H3. The van der Waals surface area contributed by atoms with Crippen molar-refractivity contribution in [3.63, 3.8) is 0 Å².